The second kappa shape index (κ2) is 21.2. The lowest BCUT2D eigenvalue weighted by Crippen LogP contribution is -2.61. The van der Waals surface area contributed by atoms with Gasteiger partial charge in [0.2, 0.25) is 0 Å². The van der Waals surface area contributed by atoms with Crippen molar-refractivity contribution in [3.8, 4) is 0 Å². The van der Waals surface area contributed by atoms with Gasteiger partial charge in [-0.25, -0.2) is 8.78 Å². The molecule has 10 nitrogen and oxygen atoms in total. The first kappa shape index (κ1) is 50.7. The number of ether oxygens (including phenoxy) is 4. The third-order valence-electron chi connectivity index (χ3n) is 16.1. The number of hydrogen-bond acceptors (Lipinski definition) is 7. The molecule has 0 spiro atoms. The molecule has 2 aliphatic rings. The second-order valence-electron chi connectivity index (χ2n) is 19.7. The number of carbonyl (C=O) groups excluding carboxylic acids is 2. The van der Waals surface area contributed by atoms with Crippen molar-refractivity contribution in [1.82, 2.24) is 14.1 Å². The molecule has 8 aromatic rings. The molecule has 14 heteroatoms. The largest absolute Gasteiger partial charge is 0.407 e. The van der Waals surface area contributed by atoms with Gasteiger partial charge in [0.05, 0.1) is 54.1 Å². The number of amides is 2. The van der Waals surface area contributed by atoms with Gasteiger partial charge in [0, 0.05) is 27.1 Å². The van der Waals surface area contributed by atoms with Crippen LogP contribution in [0.3, 0.4) is 0 Å². The standard InChI is InChI=1S/C59H65F2N3O7Si2/c1-7-72(8-2,9-3)64-57(65)50-48-43-30-28-41(60)32-45(43)62-52(48)53-49(51(50)58(64)66)44-31-29-42(61)33-46(44)63(53)59-56(71-73(10-4,11-5)12-6)55(69-36-40-26-20-15-21-27-40)54(68-35-39-24-18-14-19-25-39)47(70-59)37-67-34-38-22-16-13-17-23-38/h13-33,47,54-56,59,62H,7-12,34-37H2,1-6H3/t47-,54-,55+,56-,59-/m1/s1. The number of nitrogens with zero attached hydrogens (tertiary/aromatic N) is 2. The third-order valence-corrected chi connectivity index (χ3v) is 26.1. The van der Waals surface area contributed by atoms with E-state index in [1.165, 1.54) is 24.3 Å². The zero-order valence-electron chi connectivity index (χ0n) is 42.6. The van der Waals surface area contributed by atoms with Crippen LogP contribution in [0.5, 0.6) is 0 Å². The van der Waals surface area contributed by atoms with Crippen LogP contribution < -0.4 is 0 Å². The lowest BCUT2D eigenvalue weighted by molar-refractivity contribution is -0.274. The summed E-state index contributed by atoms with van der Waals surface area (Å²) in [5.41, 5.74) is 5.33. The molecule has 0 radical (unpaired) electrons. The van der Waals surface area contributed by atoms with E-state index in [2.05, 4.69) is 46.5 Å². The molecule has 1 fully saturated rings. The highest BCUT2D eigenvalue weighted by molar-refractivity contribution is 6.82. The fourth-order valence-electron chi connectivity index (χ4n) is 11.7. The molecule has 6 aromatic carbocycles. The monoisotopic (exact) mass is 1020 g/mol. The molecule has 0 saturated carbocycles. The average molecular weight is 1020 g/mol. The Bertz CT molecular complexity index is 3250. The summed E-state index contributed by atoms with van der Waals surface area (Å²) in [6.07, 6.45) is -4.25. The van der Waals surface area contributed by atoms with Crippen molar-refractivity contribution >= 4 is 72.0 Å². The van der Waals surface area contributed by atoms with Crippen LogP contribution in [-0.2, 0) is 43.2 Å². The van der Waals surface area contributed by atoms with Gasteiger partial charge < -0.3 is 37.5 Å². The van der Waals surface area contributed by atoms with Crippen molar-refractivity contribution in [2.75, 3.05) is 6.61 Å². The van der Waals surface area contributed by atoms with Crippen molar-refractivity contribution in [1.29, 1.82) is 0 Å². The molecule has 0 bridgehead atoms. The zero-order chi connectivity index (χ0) is 51.0. The van der Waals surface area contributed by atoms with E-state index in [4.69, 9.17) is 23.4 Å². The second-order valence-corrected chi connectivity index (χ2v) is 29.5. The van der Waals surface area contributed by atoms with Crippen LogP contribution in [0.25, 0.3) is 43.6 Å². The van der Waals surface area contributed by atoms with E-state index in [-0.39, 0.29) is 42.8 Å². The molecule has 2 aliphatic heterocycles. The molecule has 0 aliphatic carbocycles. The number of hydrogen-bond donors (Lipinski definition) is 1. The number of H-pyrrole nitrogens is 1. The van der Waals surface area contributed by atoms with Gasteiger partial charge in [-0.15, -0.1) is 0 Å². The van der Waals surface area contributed by atoms with Crippen LogP contribution in [-0.4, -0.2) is 73.5 Å². The summed E-state index contributed by atoms with van der Waals surface area (Å²) < 4.78 is 71.6. The molecule has 1 saturated heterocycles. The number of rotatable bonds is 20. The average Bonchev–Trinajstić information content (AvgIpc) is 4.06. The maximum absolute atomic E-state index is 16.3. The molecule has 73 heavy (non-hydrogen) atoms. The summed E-state index contributed by atoms with van der Waals surface area (Å²) in [4.78, 5) is 34.6. The minimum atomic E-state index is -2.71. The lowest BCUT2D eigenvalue weighted by Gasteiger charge is -2.49. The maximum atomic E-state index is 16.3. The van der Waals surface area contributed by atoms with Crippen LogP contribution in [0.4, 0.5) is 8.78 Å². The van der Waals surface area contributed by atoms with Gasteiger partial charge in [-0.1, -0.05) is 133 Å². The Labute approximate surface area is 427 Å². The summed E-state index contributed by atoms with van der Waals surface area (Å²) >= 11 is 0. The van der Waals surface area contributed by atoms with Crippen LogP contribution >= 0.6 is 0 Å². The molecule has 10 rings (SSSR count). The SMILES string of the molecule is CC[Si](CC)(CC)O[C@@H]1[C@@H](OCc2ccccc2)[C@H](OCc2ccccc2)[C@@H](COCc2ccccc2)O[C@H]1n1c2cc(F)ccc2c2c3c(c4c5ccc(F)cc5[nH]c4c21)C(=O)N([Si](CC)(CC)CC)C3=O. The Balaban J connectivity index is 1.27. The van der Waals surface area contributed by atoms with Crippen molar-refractivity contribution in [2.45, 2.75) is 128 Å². The predicted octanol–water partition coefficient (Wildman–Crippen LogP) is 14.0. The molecule has 1 N–H and O–H groups in total. The predicted molar refractivity (Wildman–Crippen MR) is 289 cm³/mol. The first-order chi connectivity index (χ1) is 35.5. The number of fused-ring (bicyclic) bond motifs is 10. The highest BCUT2D eigenvalue weighted by atomic mass is 28.4. The summed E-state index contributed by atoms with van der Waals surface area (Å²) in [5.74, 6) is -1.67. The number of aromatic nitrogens is 2. The van der Waals surface area contributed by atoms with Gasteiger partial charge in [-0.05, 0) is 89.4 Å². The number of carbonyl (C=O) groups is 2. The summed E-state index contributed by atoms with van der Waals surface area (Å²) in [7, 11) is -5.33. The molecule has 2 aromatic heterocycles. The normalized spacial score (nSPS) is 19.6. The van der Waals surface area contributed by atoms with E-state index in [1.807, 2.05) is 95.6 Å². The topological polar surface area (TPSA) is 104 Å². The Kier molecular flexibility index (Phi) is 14.7. The Morgan fingerprint density at radius 1 is 0.589 bits per heavy atom. The number of aromatic amines is 1. The highest BCUT2D eigenvalue weighted by Crippen LogP contribution is 2.50. The van der Waals surface area contributed by atoms with Crippen molar-refractivity contribution in [3.05, 3.63) is 167 Å². The quantitative estimate of drug-likeness (QED) is 0.0599. The molecular formula is C59H65F2N3O7Si2. The van der Waals surface area contributed by atoms with E-state index in [1.54, 1.807) is 16.7 Å². The van der Waals surface area contributed by atoms with Gasteiger partial charge in [-0.2, -0.15) is 0 Å². The van der Waals surface area contributed by atoms with Gasteiger partial charge in [0.1, 0.15) is 36.1 Å². The van der Waals surface area contributed by atoms with Crippen LogP contribution in [0.1, 0.15) is 85.2 Å². The lowest BCUT2D eigenvalue weighted by atomic mass is 9.96. The molecule has 0 unspecified atom stereocenters. The van der Waals surface area contributed by atoms with Crippen LogP contribution in [0.2, 0.25) is 36.3 Å². The van der Waals surface area contributed by atoms with Gasteiger partial charge in [-0.3, -0.25) is 9.59 Å². The van der Waals surface area contributed by atoms with E-state index in [9.17, 15) is 0 Å². The zero-order valence-corrected chi connectivity index (χ0v) is 44.6. The number of halogens is 2. The first-order valence-corrected chi connectivity index (χ1v) is 31.2. The van der Waals surface area contributed by atoms with E-state index < -0.39 is 58.8 Å². The summed E-state index contributed by atoms with van der Waals surface area (Å²) in [6, 6.07) is 43.4. The maximum Gasteiger partial charge on any atom is 0.254 e. The number of nitrogens with one attached hydrogen (secondary N) is 1. The Hall–Kier alpha value is -5.85. The minimum Gasteiger partial charge on any atom is -0.407 e. The van der Waals surface area contributed by atoms with Gasteiger partial charge >= 0.3 is 0 Å². The third kappa shape index (κ3) is 9.08. The van der Waals surface area contributed by atoms with Crippen molar-refractivity contribution in [3.63, 3.8) is 0 Å². The fourth-order valence-corrected chi connectivity index (χ4v) is 18.1. The number of benzene rings is 6. The molecule has 2 amide bonds. The first-order valence-electron chi connectivity index (χ1n) is 26.1. The highest BCUT2D eigenvalue weighted by Gasteiger charge is 2.54. The van der Waals surface area contributed by atoms with Crippen LogP contribution in [0, 0.1) is 11.6 Å². The summed E-state index contributed by atoms with van der Waals surface area (Å²) in [6.45, 7) is 13.6. The van der Waals surface area contributed by atoms with Gasteiger partial charge in [0.25, 0.3) is 11.8 Å². The number of imide groups is 1. The van der Waals surface area contributed by atoms with Gasteiger partial charge in [0.15, 0.2) is 22.8 Å². The fraction of sp³-hybridized carbons (Fsp3) is 0.356. The molecule has 380 valence electrons. The van der Waals surface area contributed by atoms with Crippen molar-refractivity contribution in [2.24, 2.45) is 0 Å². The van der Waals surface area contributed by atoms with E-state index >= 15 is 18.4 Å². The van der Waals surface area contributed by atoms with E-state index in [0.29, 0.717) is 68.4 Å². The Morgan fingerprint density at radius 2 is 1.11 bits per heavy atom. The molecule has 4 heterocycles. The molecular weight excluding hydrogens is 957 g/mol. The smallest absolute Gasteiger partial charge is 0.254 e. The van der Waals surface area contributed by atoms with Crippen LogP contribution in [0.15, 0.2) is 127 Å². The van der Waals surface area contributed by atoms with E-state index in [0.717, 1.165) is 34.8 Å². The summed E-state index contributed by atoms with van der Waals surface area (Å²) in [5, 5.41) is 2.15. The Morgan fingerprint density at radius 3 is 1.67 bits per heavy atom. The minimum absolute atomic E-state index is 0.0857. The van der Waals surface area contributed by atoms with Crippen molar-refractivity contribution < 1.29 is 41.7 Å². The molecule has 5 atom stereocenters.